The minimum Gasteiger partial charge on any atom is -0.466 e. The maximum Gasteiger partial charge on any atom is 0.312 e. The van der Waals surface area contributed by atoms with Crippen molar-refractivity contribution in [1.82, 2.24) is 10.9 Å². The van der Waals surface area contributed by atoms with Crippen molar-refractivity contribution >= 4 is 21.9 Å². The van der Waals surface area contributed by atoms with Crippen LogP contribution in [0.3, 0.4) is 0 Å². The Labute approximate surface area is 109 Å². The fourth-order valence-corrected chi connectivity index (χ4v) is 2.52. The van der Waals surface area contributed by atoms with E-state index in [-0.39, 0.29) is 17.9 Å². The summed E-state index contributed by atoms with van der Waals surface area (Å²) >= 11 is 3.50. The quantitative estimate of drug-likeness (QED) is 0.835. The third kappa shape index (κ3) is 2.68. The Hall–Kier alpha value is -0.910. The summed E-state index contributed by atoms with van der Waals surface area (Å²) < 4.78 is 6.08. The van der Waals surface area contributed by atoms with Crippen LogP contribution in [0.2, 0.25) is 0 Å². The molecule has 1 aliphatic heterocycles. The van der Waals surface area contributed by atoms with Gasteiger partial charge in [0.25, 0.3) is 0 Å². The molecule has 17 heavy (non-hydrogen) atoms. The molecule has 0 spiro atoms. The number of rotatable bonds is 3. The predicted octanol–water partition coefficient (Wildman–Crippen LogP) is 1.78. The Balaban J connectivity index is 2.20. The summed E-state index contributed by atoms with van der Waals surface area (Å²) in [7, 11) is 0. The maximum absolute atomic E-state index is 11.8. The monoisotopic (exact) mass is 298 g/mol. The molecule has 0 radical (unpaired) electrons. The predicted molar refractivity (Wildman–Crippen MR) is 68.1 cm³/mol. The van der Waals surface area contributed by atoms with Gasteiger partial charge in [0, 0.05) is 11.0 Å². The van der Waals surface area contributed by atoms with Crippen LogP contribution in [0.4, 0.5) is 0 Å². The van der Waals surface area contributed by atoms with Crippen molar-refractivity contribution in [2.75, 3.05) is 13.2 Å². The molecule has 0 aliphatic carbocycles. The summed E-state index contributed by atoms with van der Waals surface area (Å²) in [6.45, 7) is 2.82. The van der Waals surface area contributed by atoms with E-state index >= 15 is 0 Å². The van der Waals surface area contributed by atoms with Crippen LogP contribution in [0.5, 0.6) is 0 Å². The molecule has 0 aromatic heterocycles. The molecule has 2 N–H and O–H groups in total. The Morgan fingerprint density at radius 1 is 1.53 bits per heavy atom. The molecule has 1 heterocycles. The molecule has 1 saturated heterocycles. The van der Waals surface area contributed by atoms with Gasteiger partial charge in [-0.3, -0.25) is 10.2 Å². The molecule has 1 fully saturated rings. The average Bonchev–Trinajstić information content (AvgIpc) is 2.79. The Morgan fingerprint density at radius 3 is 3.00 bits per heavy atom. The van der Waals surface area contributed by atoms with Crippen molar-refractivity contribution in [1.29, 1.82) is 0 Å². The number of halogens is 1. The van der Waals surface area contributed by atoms with E-state index in [0.29, 0.717) is 13.2 Å². The molecule has 2 rings (SSSR count). The van der Waals surface area contributed by atoms with Crippen LogP contribution in [0, 0.1) is 5.92 Å². The van der Waals surface area contributed by atoms with Gasteiger partial charge >= 0.3 is 5.97 Å². The van der Waals surface area contributed by atoms with Gasteiger partial charge in [-0.2, -0.15) is 0 Å². The number of hydrogen-bond donors (Lipinski definition) is 2. The summed E-state index contributed by atoms with van der Waals surface area (Å²) in [5.74, 6) is -0.348. The van der Waals surface area contributed by atoms with Crippen LogP contribution in [0.15, 0.2) is 28.7 Å². The Bertz CT molecular complexity index is 411. The standard InChI is InChI=1S/C12H15BrN2O2/c1-2-17-12(16)9-7-14-15-11(9)8-5-3-4-6-10(8)13/h3-6,9,11,14-15H,2,7H2,1H3. The molecule has 0 amide bonds. The van der Waals surface area contributed by atoms with Gasteiger partial charge in [0.05, 0.1) is 18.6 Å². The first-order chi connectivity index (χ1) is 8.24. The smallest absolute Gasteiger partial charge is 0.312 e. The number of ether oxygens (including phenoxy) is 1. The van der Waals surface area contributed by atoms with Crippen molar-refractivity contribution in [3.63, 3.8) is 0 Å². The van der Waals surface area contributed by atoms with Crippen LogP contribution >= 0.6 is 15.9 Å². The maximum atomic E-state index is 11.8. The van der Waals surface area contributed by atoms with Gasteiger partial charge in [0.15, 0.2) is 0 Å². The molecule has 0 saturated carbocycles. The van der Waals surface area contributed by atoms with E-state index < -0.39 is 0 Å². The van der Waals surface area contributed by atoms with Crippen LogP contribution in [0.25, 0.3) is 0 Å². The lowest BCUT2D eigenvalue weighted by atomic mass is 9.95. The summed E-state index contributed by atoms with van der Waals surface area (Å²) in [5.41, 5.74) is 7.20. The molecular weight excluding hydrogens is 284 g/mol. The lowest BCUT2D eigenvalue weighted by Crippen LogP contribution is -2.27. The summed E-state index contributed by atoms with van der Waals surface area (Å²) in [5, 5.41) is 0. The third-order valence-electron chi connectivity index (χ3n) is 2.81. The van der Waals surface area contributed by atoms with Crippen LogP contribution in [-0.2, 0) is 9.53 Å². The number of nitrogens with one attached hydrogen (secondary N) is 2. The van der Waals surface area contributed by atoms with Crippen LogP contribution in [-0.4, -0.2) is 19.1 Å². The number of carbonyl (C=O) groups is 1. The van der Waals surface area contributed by atoms with Crippen LogP contribution < -0.4 is 10.9 Å². The normalized spacial score (nSPS) is 23.6. The molecule has 2 unspecified atom stereocenters. The number of hydrazine groups is 1. The van der Waals surface area contributed by atoms with Crippen molar-refractivity contribution in [2.45, 2.75) is 13.0 Å². The van der Waals surface area contributed by atoms with Gasteiger partial charge in [-0.25, -0.2) is 5.43 Å². The second kappa shape index (κ2) is 5.62. The number of benzene rings is 1. The van der Waals surface area contributed by atoms with E-state index in [9.17, 15) is 4.79 Å². The van der Waals surface area contributed by atoms with E-state index in [0.717, 1.165) is 10.0 Å². The van der Waals surface area contributed by atoms with Crippen LogP contribution in [0.1, 0.15) is 18.5 Å². The first-order valence-electron chi connectivity index (χ1n) is 5.63. The largest absolute Gasteiger partial charge is 0.466 e. The highest BCUT2D eigenvalue weighted by atomic mass is 79.9. The lowest BCUT2D eigenvalue weighted by Gasteiger charge is -2.18. The molecule has 1 aromatic rings. The number of esters is 1. The fraction of sp³-hybridized carbons (Fsp3) is 0.417. The van der Waals surface area contributed by atoms with E-state index in [4.69, 9.17) is 4.74 Å². The Morgan fingerprint density at radius 2 is 2.29 bits per heavy atom. The third-order valence-corrected chi connectivity index (χ3v) is 3.53. The first-order valence-corrected chi connectivity index (χ1v) is 6.42. The SMILES string of the molecule is CCOC(=O)C1CNNC1c1ccccc1Br. The summed E-state index contributed by atoms with van der Waals surface area (Å²) in [6, 6.07) is 7.83. The highest BCUT2D eigenvalue weighted by molar-refractivity contribution is 9.10. The summed E-state index contributed by atoms with van der Waals surface area (Å²) in [6.07, 6.45) is 0. The van der Waals surface area contributed by atoms with Crippen molar-refractivity contribution in [3.05, 3.63) is 34.3 Å². The minimum atomic E-state index is -0.186. The van der Waals surface area contributed by atoms with E-state index in [2.05, 4.69) is 26.8 Å². The highest BCUT2D eigenvalue weighted by Crippen LogP contribution is 2.30. The fourth-order valence-electron chi connectivity index (χ4n) is 1.99. The molecule has 1 aliphatic rings. The molecule has 4 nitrogen and oxygen atoms in total. The second-order valence-electron chi connectivity index (χ2n) is 3.88. The molecule has 2 atom stereocenters. The number of hydrogen-bond acceptors (Lipinski definition) is 4. The first kappa shape index (κ1) is 12.5. The van der Waals surface area contributed by atoms with E-state index in [1.807, 2.05) is 31.2 Å². The van der Waals surface area contributed by atoms with Gasteiger partial charge in [0.2, 0.25) is 0 Å². The zero-order valence-corrected chi connectivity index (χ0v) is 11.2. The van der Waals surface area contributed by atoms with Crippen molar-refractivity contribution < 1.29 is 9.53 Å². The zero-order valence-electron chi connectivity index (χ0n) is 9.57. The van der Waals surface area contributed by atoms with Crippen molar-refractivity contribution in [2.24, 2.45) is 5.92 Å². The summed E-state index contributed by atoms with van der Waals surface area (Å²) in [4.78, 5) is 11.8. The van der Waals surface area contributed by atoms with Crippen molar-refractivity contribution in [3.8, 4) is 0 Å². The topological polar surface area (TPSA) is 50.4 Å². The lowest BCUT2D eigenvalue weighted by molar-refractivity contribution is -0.147. The second-order valence-corrected chi connectivity index (χ2v) is 4.74. The molecule has 1 aromatic carbocycles. The van der Waals surface area contributed by atoms with Gasteiger partial charge < -0.3 is 4.74 Å². The van der Waals surface area contributed by atoms with Gasteiger partial charge in [0.1, 0.15) is 0 Å². The van der Waals surface area contributed by atoms with Gasteiger partial charge in [-0.15, -0.1) is 0 Å². The zero-order chi connectivity index (χ0) is 12.3. The average molecular weight is 299 g/mol. The van der Waals surface area contributed by atoms with E-state index in [1.165, 1.54) is 0 Å². The number of carbonyl (C=O) groups excluding carboxylic acids is 1. The molecular formula is C12H15BrN2O2. The minimum absolute atomic E-state index is 0.0513. The van der Waals surface area contributed by atoms with Gasteiger partial charge in [-0.1, -0.05) is 34.1 Å². The highest BCUT2D eigenvalue weighted by Gasteiger charge is 2.35. The molecule has 0 bridgehead atoms. The van der Waals surface area contributed by atoms with Gasteiger partial charge in [-0.05, 0) is 18.6 Å². The van der Waals surface area contributed by atoms with E-state index in [1.54, 1.807) is 0 Å². The molecule has 92 valence electrons. The Kier molecular flexibility index (Phi) is 4.15. The molecule has 5 heteroatoms.